The number of oxazole rings is 1. The van der Waals surface area contributed by atoms with Gasteiger partial charge < -0.3 is 19.6 Å². The fourth-order valence-electron chi connectivity index (χ4n) is 1.79. The maximum absolute atomic E-state index is 9.85. The first-order chi connectivity index (χ1) is 9.65. The molecular formula is C15H20N2O3. The van der Waals surface area contributed by atoms with Crippen LogP contribution < -0.4 is 10.1 Å². The molecule has 0 aliphatic rings. The SMILES string of the molecule is Cc1cnc(CNCC(O)COc2ccccc2C)o1. The first-order valence-corrected chi connectivity index (χ1v) is 6.63. The fourth-order valence-corrected chi connectivity index (χ4v) is 1.79. The van der Waals surface area contributed by atoms with Gasteiger partial charge in [-0.05, 0) is 25.5 Å². The fraction of sp³-hybridized carbons (Fsp3) is 0.400. The van der Waals surface area contributed by atoms with Crippen molar-refractivity contribution in [2.75, 3.05) is 13.2 Å². The molecule has 1 aromatic heterocycles. The zero-order valence-electron chi connectivity index (χ0n) is 11.8. The number of hydrogen-bond donors (Lipinski definition) is 2. The molecule has 5 nitrogen and oxygen atoms in total. The third-order valence-corrected chi connectivity index (χ3v) is 2.85. The van der Waals surface area contributed by atoms with Crippen molar-refractivity contribution in [1.82, 2.24) is 10.3 Å². The number of hydrogen-bond acceptors (Lipinski definition) is 5. The summed E-state index contributed by atoms with van der Waals surface area (Å²) in [6, 6.07) is 7.74. The largest absolute Gasteiger partial charge is 0.491 e. The number of aryl methyl sites for hydroxylation is 2. The minimum atomic E-state index is -0.578. The van der Waals surface area contributed by atoms with Crippen molar-refractivity contribution in [3.63, 3.8) is 0 Å². The first kappa shape index (κ1) is 14.6. The molecule has 0 saturated carbocycles. The summed E-state index contributed by atoms with van der Waals surface area (Å²) in [6.07, 6.45) is 1.10. The molecule has 0 bridgehead atoms. The number of aliphatic hydroxyl groups is 1. The van der Waals surface area contributed by atoms with Crippen LogP contribution in [-0.4, -0.2) is 29.3 Å². The van der Waals surface area contributed by atoms with Crippen molar-refractivity contribution in [2.24, 2.45) is 0 Å². The van der Waals surface area contributed by atoms with Crippen molar-refractivity contribution in [3.8, 4) is 5.75 Å². The van der Waals surface area contributed by atoms with Gasteiger partial charge in [-0.15, -0.1) is 0 Å². The van der Waals surface area contributed by atoms with Crippen molar-refractivity contribution in [3.05, 3.63) is 47.7 Å². The highest BCUT2D eigenvalue weighted by Gasteiger charge is 2.07. The lowest BCUT2D eigenvalue weighted by atomic mass is 10.2. The lowest BCUT2D eigenvalue weighted by Gasteiger charge is -2.14. The summed E-state index contributed by atoms with van der Waals surface area (Å²) >= 11 is 0. The zero-order valence-corrected chi connectivity index (χ0v) is 11.8. The van der Waals surface area contributed by atoms with E-state index in [1.54, 1.807) is 6.20 Å². The predicted molar refractivity (Wildman–Crippen MR) is 75.6 cm³/mol. The van der Waals surface area contributed by atoms with E-state index in [9.17, 15) is 5.11 Å². The molecule has 0 aliphatic heterocycles. The Hall–Kier alpha value is -1.85. The van der Waals surface area contributed by atoms with Crippen molar-refractivity contribution < 1.29 is 14.3 Å². The number of rotatable bonds is 7. The molecule has 2 aromatic rings. The van der Waals surface area contributed by atoms with E-state index in [2.05, 4.69) is 10.3 Å². The summed E-state index contributed by atoms with van der Waals surface area (Å²) in [5.74, 6) is 2.20. The number of ether oxygens (including phenoxy) is 1. The highest BCUT2D eigenvalue weighted by atomic mass is 16.5. The second-order valence-corrected chi connectivity index (χ2v) is 4.73. The molecule has 1 atom stereocenters. The summed E-state index contributed by atoms with van der Waals surface area (Å²) < 4.78 is 10.9. The van der Waals surface area contributed by atoms with Crippen LogP contribution in [0, 0.1) is 13.8 Å². The van der Waals surface area contributed by atoms with Crippen LogP contribution in [0.5, 0.6) is 5.75 Å². The van der Waals surface area contributed by atoms with Crippen molar-refractivity contribution >= 4 is 0 Å². The van der Waals surface area contributed by atoms with E-state index in [0.29, 0.717) is 19.0 Å². The lowest BCUT2D eigenvalue weighted by Crippen LogP contribution is -2.31. The molecule has 2 N–H and O–H groups in total. The van der Waals surface area contributed by atoms with E-state index < -0.39 is 6.10 Å². The number of para-hydroxylation sites is 1. The van der Waals surface area contributed by atoms with Gasteiger partial charge in [0.2, 0.25) is 5.89 Å². The van der Waals surface area contributed by atoms with Crippen LogP contribution in [0.1, 0.15) is 17.2 Å². The summed E-state index contributed by atoms with van der Waals surface area (Å²) in [5, 5.41) is 12.9. The Morgan fingerprint density at radius 1 is 1.35 bits per heavy atom. The Morgan fingerprint density at radius 2 is 2.15 bits per heavy atom. The second kappa shape index (κ2) is 7.07. The van der Waals surface area contributed by atoms with E-state index >= 15 is 0 Å². The summed E-state index contributed by atoms with van der Waals surface area (Å²) in [6.45, 7) is 5.00. The number of aromatic nitrogens is 1. The Bertz CT molecular complexity index is 539. The Morgan fingerprint density at radius 3 is 2.85 bits per heavy atom. The highest BCUT2D eigenvalue weighted by Crippen LogP contribution is 2.16. The van der Waals surface area contributed by atoms with Gasteiger partial charge in [0, 0.05) is 6.54 Å². The maximum Gasteiger partial charge on any atom is 0.208 e. The Balaban J connectivity index is 1.68. The van der Waals surface area contributed by atoms with Gasteiger partial charge in [-0.1, -0.05) is 18.2 Å². The van der Waals surface area contributed by atoms with Crippen LogP contribution in [0.2, 0.25) is 0 Å². The van der Waals surface area contributed by atoms with E-state index in [4.69, 9.17) is 9.15 Å². The average molecular weight is 276 g/mol. The first-order valence-electron chi connectivity index (χ1n) is 6.63. The van der Waals surface area contributed by atoms with E-state index in [1.807, 2.05) is 38.1 Å². The van der Waals surface area contributed by atoms with Gasteiger partial charge in [-0.2, -0.15) is 0 Å². The van der Waals surface area contributed by atoms with E-state index in [1.165, 1.54) is 0 Å². The van der Waals surface area contributed by atoms with Gasteiger partial charge in [-0.3, -0.25) is 0 Å². The molecule has 1 heterocycles. The smallest absolute Gasteiger partial charge is 0.208 e. The summed E-state index contributed by atoms with van der Waals surface area (Å²) in [7, 11) is 0. The molecule has 0 amide bonds. The summed E-state index contributed by atoms with van der Waals surface area (Å²) in [5.41, 5.74) is 1.06. The molecule has 1 unspecified atom stereocenters. The molecule has 0 fully saturated rings. The number of aliphatic hydroxyl groups excluding tert-OH is 1. The summed E-state index contributed by atoms with van der Waals surface area (Å²) in [4.78, 5) is 4.08. The number of nitrogens with one attached hydrogen (secondary N) is 1. The molecule has 0 radical (unpaired) electrons. The molecule has 108 valence electrons. The minimum absolute atomic E-state index is 0.252. The Kier molecular flexibility index (Phi) is 5.15. The predicted octanol–water partition coefficient (Wildman–Crippen LogP) is 1.82. The molecule has 0 saturated heterocycles. The normalized spacial score (nSPS) is 12.3. The third-order valence-electron chi connectivity index (χ3n) is 2.85. The van der Waals surface area contributed by atoms with Crippen LogP contribution in [0.15, 0.2) is 34.9 Å². The van der Waals surface area contributed by atoms with E-state index in [0.717, 1.165) is 17.1 Å². The lowest BCUT2D eigenvalue weighted by molar-refractivity contribution is 0.105. The molecule has 5 heteroatoms. The molecule has 0 spiro atoms. The van der Waals surface area contributed by atoms with Crippen molar-refractivity contribution in [2.45, 2.75) is 26.5 Å². The quantitative estimate of drug-likeness (QED) is 0.807. The molecular weight excluding hydrogens is 256 g/mol. The maximum atomic E-state index is 9.85. The van der Waals surface area contributed by atoms with Crippen LogP contribution in [0.4, 0.5) is 0 Å². The van der Waals surface area contributed by atoms with Gasteiger partial charge in [0.15, 0.2) is 0 Å². The van der Waals surface area contributed by atoms with Crippen LogP contribution >= 0.6 is 0 Å². The van der Waals surface area contributed by atoms with Gasteiger partial charge in [-0.25, -0.2) is 4.98 Å². The monoisotopic (exact) mass is 276 g/mol. The van der Waals surface area contributed by atoms with Gasteiger partial charge in [0.05, 0.1) is 12.7 Å². The van der Waals surface area contributed by atoms with Gasteiger partial charge in [0.25, 0.3) is 0 Å². The third kappa shape index (κ3) is 4.36. The topological polar surface area (TPSA) is 67.5 Å². The van der Waals surface area contributed by atoms with Crippen molar-refractivity contribution in [1.29, 1.82) is 0 Å². The Labute approximate surface area is 118 Å². The van der Waals surface area contributed by atoms with Crippen LogP contribution in [-0.2, 0) is 6.54 Å². The van der Waals surface area contributed by atoms with E-state index in [-0.39, 0.29) is 6.61 Å². The standard InChI is InChI=1S/C15H20N2O3/c1-11-5-3-4-6-14(11)19-10-13(18)8-16-9-15-17-7-12(2)20-15/h3-7,13,16,18H,8-10H2,1-2H3. The zero-order chi connectivity index (χ0) is 14.4. The van der Waals surface area contributed by atoms with Gasteiger partial charge in [0.1, 0.15) is 24.2 Å². The van der Waals surface area contributed by atoms with Crippen LogP contribution in [0.3, 0.4) is 0 Å². The number of benzene rings is 1. The molecule has 0 aliphatic carbocycles. The second-order valence-electron chi connectivity index (χ2n) is 4.73. The average Bonchev–Trinajstić information content (AvgIpc) is 2.83. The minimum Gasteiger partial charge on any atom is -0.491 e. The highest BCUT2D eigenvalue weighted by molar-refractivity contribution is 5.31. The molecule has 2 rings (SSSR count). The number of nitrogens with zero attached hydrogens (tertiary/aromatic N) is 1. The molecule has 20 heavy (non-hydrogen) atoms. The van der Waals surface area contributed by atoms with Gasteiger partial charge >= 0.3 is 0 Å². The van der Waals surface area contributed by atoms with Crippen LogP contribution in [0.25, 0.3) is 0 Å². The molecule has 1 aromatic carbocycles.